The van der Waals surface area contributed by atoms with Crippen molar-refractivity contribution in [1.29, 1.82) is 5.26 Å². The predicted molar refractivity (Wildman–Crippen MR) is 53.4 cm³/mol. The molecule has 1 aromatic heterocycles. The normalized spacial score (nSPS) is 10.2. The van der Waals surface area contributed by atoms with E-state index in [0.717, 1.165) is 21.2 Å². The molecule has 0 atom stereocenters. The molecular weight excluding hydrogens is 230 g/mol. The Morgan fingerprint density at radius 2 is 2.15 bits per heavy atom. The molecule has 2 rings (SSSR count). The lowest BCUT2D eigenvalue weighted by molar-refractivity contribution is 0.578. The Morgan fingerprint density at radius 1 is 1.38 bits per heavy atom. The minimum Gasteiger partial charge on any atom is -0.461 e. The molecule has 0 bridgehead atoms. The van der Waals surface area contributed by atoms with Crippen molar-refractivity contribution >= 4 is 26.9 Å². The molecule has 0 saturated heterocycles. The number of fused-ring (bicyclic) bond motifs is 1. The average molecular weight is 236 g/mol. The van der Waals surface area contributed by atoms with Crippen molar-refractivity contribution in [2.75, 3.05) is 0 Å². The van der Waals surface area contributed by atoms with E-state index < -0.39 is 0 Å². The van der Waals surface area contributed by atoms with Gasteiger partial charge in [-0.05, 0) is 41.1 Å². The van der Waals surface area contributed by atoms with E-state index in [2.05, 4.69) is 22.0 Å². The summed E-state index contributed by atoms with van der Waals surface area (Å²) in [7, 11) is 0. The van der Waals surface area contributed by atoms with Crippen LogP contribution in [0.1, 0.15) is 11.3 Å². The summed E-state index contributed by atoms with van der Waals surface area (Å²) in [4.78, 5) is 0. The molecule has 2 aromatic rings. The van der Waals surface area contributed by atoms with Crippen molar-refractivity contribution in [1.82, 2.24) is 0 Å². The van der Waals surface area contributed by atoms with Crippen molar-refractivity contribution in [3.05, 3.63) is 34.0 Å². The molecule has 13 heavy (non-hydrogen) atoms. The van der Waals surface area contributed by atoms with Gasteiger partial charge in [0.05, 0.1) is 5.56 Å². The minimum atomic E-state index is 0.633. The van der Waals surface area contributed by atoms with Gasteiger partial charge in [0.2, 0.25) is 0 Å². The molecule has 1 heterocycles. The molecular formula is C10H6BrNO. The predicted octanol–water partition coefficient (Wildman–Crippen LogP) is 3.38. The Bertz CT molecular complexity index is 507. The van der Waals surface area contributed by atoms with Gasteiger partial charge in [0, 0.05) is 9.86 Å². The summed E-state index contributed by atoms with van der Waals surface area (Å²) in [5, 5.41) is 9.74. The monoisotopic (exact) mass is 235 g/mol. The van der Waals surface area contributed by atoms with Crippen LogP contribution in [-0.4, -0.2) is 0 Å². The number of rotatable bonds is 0. The van der Waals surface area contributed by atoms with Crippen LogP contribution in [0.5, 0.6) is 0 Å². The van der Waals surface area contributed by atoms with E-state index in [4.69, 9.17) is 9.68 Å². The smallest absolute Gasteiger partial charge is 0.135 e. The molecule has 2 nitrogen and oxygen atoms in total. The average Bonchev–Trinajstić information content (AvgIpc) is 2.42. The van der Waals surface area contributed by atoms with Crippen molar-refractivity contribution in [2.24, 2.45) is 0 Å². The second-order valence-electron chi connectivity index (χ2n) is 2.84. The largest absolute Gasteiger partial charge is 0.461 e. The molecule has 0 radical (unpaired) electrons. The molecule has 0 aliphatic carbocycles. The van der Waals surface area contributed by atoms with Crippen LogP contribution in [0.25, 0.3) is 11.0 Å². The Hall–Kier alpha value is -1.27. The first kappa shape index (κ1) is 8.33. The highest BCUT2D eigenvalue weighted by Gasteiger charge is 2.05. The molecule has 0 amide bonds. The number of aryl methyl sites for hydroxylation is 1. The summed E-state index contributed by atoms with van der Waals surface area (Å²) in [6.45, 7) is 1.89. The van der Waals surface area contributed by atoms with Gasteiger partial charge in [0.25, 0.3) is 0 Å². The molecule has 0 aliphatic rings. The maximum atomic E-state index is 8.77. The third-order valence-corrected chi connectivity index (χ3v) is 2.51. The van der Waals surface area contributed by atoms with Crippen molar-refractivity contribution in [2.45, 2.75) is 6.92 Å². The van der Waals surface area contributed by atoms with Gasteiger partial charge in [0.15, 0.2) is 0 Å². The van der Waals surface area contributed by atoms with E-state index in [1.807, 2.05) is 25.1 Å². The van der Waals surface area contributed by atoms with E-state index in [9.17, 15) is 0 Å². The Morgan fingerprint density at radius 3 is 2.85 bits per heavy atom. The van der Waals surface area contributed by atoms with Gasteiger partial charge in [-0.1, -0.05) is 0 Å². The lowest BCUT2D eigenvalue weighted by Crippen LogP contribution is -1.75. The van der Waals surface area contributed by atoms with Gasteiger partial charge in [-0.15, -0.1) is 0 Å². The molecule has 0 saturated carbocycles. The van der Waals surface area contributed by atoms with Crippen molar-refractivity contribution < 1.29 is 4.42 Å². The fourth-order valence-electron chi connectivity index (χ4n) is 1.28. The van der Waals surface area contributed by atoms with Crippen LogP contribution in [-0.2, 0) is 0 Å². The standard InChI is InChI=1S/C10H6BrNO/c1-6-2-7-3-8(5-12)9(11)4-10(7)13-6/h2-4H,1H3. The van der Waals surface area contributed by atoms with E-state index in [-0.39, 0.29) is 0 Å². The first-order valence-electron chi connectivity index (χ1n) is 3.80. The van der Waals surface area contributed by atoms with Gasteiger partial charge in [0.1, 0.15) is 17.4 Å². The first-order valence-corrected chi connectivity index (χ1v) is 4.60. The summed E-state index contributed by atoms with van der Waals surface area (Å²) in [6.07, 6.45) is 0. The number of hydrogen-bond donors (Lipinski definition) is 0. The van der Waals surface area contributed by atoms with Crippen LogP contribution in [0.2, 0.25) is 0 Å². The minimum absolute atomic E-state index is 0.633. The quantitative estimate of drug-likeness (QED) is 0.703. The number of benzene rings is 1. The zero-order valence-corrected chi connectivity index (χ0v) is 8.55. The lowest BCUT2D eigenvalue weighted by atomic mass is 10.2. The van der Waals surface area contributed by atoms with Gasteiger partial charge in [-0.3, -0.25) is 0 Å². The molecule has 64 valence electrons. The van der Waals surface area contributed by atoms with E-state index in [0.29, 0.717) is 5.56 Å². The van der Waals surface area contributed by atoms with E-state index in [1.54, 1.807) is 0 Å². The second kappa shape index (κ2) is 2.90. The Balaban J connectivity index is 2.82. The van der Waals surface area contributed by atoms with Crippen LogP contribution >= 0.6 is 15.9 Å². The summed E-state index contributed by atoms with van der Waals surface area (Å²) in [5.74, 6) is 0.858. The highest BCUT2D eigenvalue weighted by Crippen LogP contribution is 2.26. The third-order valence-electron chi connectivity index (χ3n) is 1.85. The molecule has 3 heteroatoms. The Kier molecular flexibility index (Phi) is 1.86. The zero-order chi connectivity index (χ0) is 9.42. The first-order chi connectivity index (χ1) is 6.20. The van der Waals surface area contributed by atoms with Crippen LogP contribution in [0, 0.1) is 18.3 Å². The topological polar surface area (TPSA) is 36.9 Å². The number of nitrogens with zero attached hydrogens (tertiary/aromatic N) is 1. The van der Waals surface area contributed by atoms with Gasteiger partial charge < -0.3 is 4.42 Å². The van der Waals surface area contributed by atoms with Crippen LogP contribution in [0.15, 0.2) is 27.1 Å². The molecule has 0 N–H and O–H groups in total. The van der Waals surface area contributed by atoms with Crippen molar-refractivity contribution in [3.8, 4) is 6.07 Å². The number of hydrogen-bond acceptors (Lipinski definition) is 2. The summed E-state index contributed by atoms with van der Waals surface area (Å²) in [6, 6.07) is 7.66. The SMILES string of the molecule is Cc1cc2cc(C#N)c(Br)cc2o1. The molecule has 0 spiro atoms. The highest BCUT2D eigenvalue weighted by molar-refractivity contribution is 9.10. The fourth-order valence-corrected chi connectivity index (χ4v) is 1.69. The third kappa shape index (κ3) is 1.34. The van der Waals surface area contributed by atoms with Crippen LogP contribution < -0.4 is 0 Å². The molecule has 0 unspecified atom stereocenters. The summed E-state index contributed by atoms with van der Waals surface area (Å²) in [5.41, 5.74) is 1.44. The lowest BCUT2D eigenvalue weighted by Gasteiger charge is -1.93. The number of furan rings is 1. The van der Waals surface area contributed by atoms with Gasteiger partial charge in [-0.2, -0.15) is 5.26 Å². The number of halogens is 1. The van der Waals surface area contributed by atoms with Crippen LogP contribution in [0.4, 0.5) is 0 Å². The van der Waals surface area contributed by atoms with E-state index >= 15 is 0 Å². The maximum Gasteiger partial charge on any atom is 0.135 e. The van der Waals surface area contributed by atoms with E-state index in [1.165, 1.54) is 0 Å². The molecule has 0 aliphatic heterocycles. The molecule has 1 aromatic carbocycles. The Labute approximate surface area is 83.9 Å². The van der Waals surface area contributed by atoms with Crippen LogP contribution in [0.3, 0.4) is 0 Å². The van der Waals surface area contributed by atoms with Gasteiger partial charge in [-0.25, -0.2) is 0 Å². The highest BCUT2D eigenvalue weighted by atomic mass is 79.9. The zero-order valence-electron chi connectivity index (χ0n) is 6.97. The molecule has 0 fully saturated rings. The second-order valence-corrected chi connectivity index (χ2v) is 3.69. The summed E-state index contributed by atoms with van der Waals surface area (Å²) < 4.78 is 6.18. The number of nitriles is 1. The van der Waals surface area contributed by atoms with Gasteiger partial charge >= 0.3 is 0 Å². The van der Waals surface area contributed by atoms with Crippen molar-refractivity contribution in [3.63, 3.8) is 0 Å². The summed E-state index contributed by atoms with van der Waals surface area (Å²) >= 11 is 3.30. The fraction of sp³-hybridized carbons (Fsp3) is 0.100. The maximum absolute atomic E-state index is 8.77.